The zero-order valence-electron chi connectivity index (χ0n) is 10.2. The molecule has 0 bridgehead atoms. The third-order valence-corrected chi connectivity index (χ3v) is 2.92. The Labute approximate surface area is 102 Å². The number of ether oxygens (including phenoxy) is 1. The highest BCUT2D eigenvalue weighted by atomic mass is 16.5. The maximum atomic E-state index is 11.8. The summed E-state index contributed by atoms with van der Waals surface area (Å²) in [5, 5.41) is 0. The van der Waals surface area contributed by atoms with Gasteiger partial charge in [-0.3, -0.25) is 4.79 Å². The van der Waals surface area contributed by atoms with Crippen molar-refractivity contribution < 1.29 is 9.53 Å². The fourth-order valence-electron chi connectivity index (χ4n) is 1.86. The molecule has 90 valence electrons. The third-order valence-electron chi connectivity index (χ3n) is 2.92. The highest BCUT2D eigenvalue weighted by molar-refractivity contribution is 5.78. The molecule has 0 unspecified atom stereocenters. The van der Waals surface area contributed by atoms with Crippen LogP contribution in [0.5, 0.6) is 5.75 Å². The van der Waals surface area contributed by atoms with Gasteiger partial charge >= 0.3 is 0 Å². The predicted octanol–water partition coefficient (Wildman–Crippen LogP) is 2.58. The van der Waals surface area contributed by atoms with Gasteiger partial charge in [-0.25, -0.2) is 0 Å². The second kappa shape index (κ2) is 5.04. The number of amides is 1. The van der Waals surface area contributed by atoms with Gasteiger partial charge in [-0.2, -0.15) is 0 Å². The molecule has 3 heteroatoms. The monoisotopic (exact) mass is 231 g/mol. The van der Waals surface area contributed by atoms with Crippen LogP contribution in [0.25, 0.3) is 0 Å². The second-order valence-corrected chi connectivity index (χ2v) is 4.39. The third kappa shape index (κ3) is 2.87. The lowest BCUT2D eigenvalue weighted by Gasteiger charge is -2.24. The van der Waals surface area contributed by atoms with E-state index in [1.54, 1.807) is 12.0 Å². The summed E-state index contributed by atoms with van der Waals surface area (Å²) in [7, 11) is 1.65. The van der Waals surface area contributed by atoms with Gasteiger partial charge in [0.05, 0.1) is 13.7 Å². The van der Waals surface area contributed by atoms with E-state index in [9.17, 15) is 4.79 Å². The Bertz CT molecular complexity index is 422. The number of hydrogen-bond acceptors (Lipinski definition) is 2. The van der Waals surface area contributed by atoms with E-state index >= 15 is 0 Å². The van der Waals surface area contributed by atoms with Gasteiger partial charge in [0.1, 0.15) is 5.75 Å². The first-order chi connectivity index (χ1) is 8.19. The van der Waals surface area contributed by atoms with Crippen molar-refractivity contribution in [1.29, 1.82) is 0 Å². The first kappa shape index (κ1) is 11.7. The Morgan fingerprint density at radius 1 is 1.35 bits per heavy atom. The molecule has 1 amide bonds. The van der Waals surface area contributed by atoms with E-state index in [2.05, 4.69) is 13.0 Å². The summed E-state index contributed by atoms with van der Waals surface area (Å²) in [5.41, 5.74) is 1.11. The second-order valence-electron chi connectivity index (χ2n) is 4.39. The Morgan fingerprint density at radius 3 is 2.65 bits per heavy atom. The van der Waals surface area contributed by atoms with Crippen LogP contribution in [-0.4, -0.2) is 17.9 Å². The number of hydrogen-bond donors (Lipinski definition) is 0. The molecule has 0 spiro atoms. The average Bonchev–Trinajstić information content (AvgIpc) is 2.34. The number of rotatable bonds is 3. The van der Waals surface area contributed by atoms with Gasteiger partial charge in [-0.1, -0.05) is 25.1 Å². The van der Waals surface area contributed by atoms with Crippen molar-refractivity contribution >= 4 is 5.91 Å². The van der Waals surface area contributed by atoms with E-state index in [1.165, 1.54) is 0 Å². The van der Waals surface area contributed by atoms with Crippen molar-refractivity contribution in [3.8, 4) is 5.75 Å². The van der Waals surface area contributed by atoms with Crippen LogP contribution in [0, 0.1) is 5.92 Å². The molecule has 0 aliphatic carbocycles. The Balaban J connectivity index is 2.05. The summed E-state index contributed by atoms with van der Waals surface area (Å²) in [6.45, 7) is 2.69. The lowest BCUT2D eigenvalue weighted by molar-refractivity contribution is -0.130. The van der Waals surface area contributed by atoms with E-state index < -0.39 is 0 Å². The maximum Gasteiger partial charge on any atom is 0.227 e. The Kier molecular flexibility index (Phi) is 3.47. The number of carbonyl (C=O) groups is 1. The molecule has 0 aromatic heterocycles. The smallest absolute Gasteiger partial charge is 0.227 e. The van der Waals surface area contributed by atoms with Gasteiger partial charge in [0, 0.05) is 12.6 Å². The SMILES string of the molecule is COc1ccc(CN2C=C[C@@H](C)CC2=O)cc1. The van der Waals surface area contributed by atoms with Crippen LogP contribution >= 0.6 is 0 Å². The summed E-state index contributed by atoms with van der Waals surface area (Å²) in [6.07, 6.45) is 4.57. The minimum Gasteiger partial charge on any atom is -0.497 e. The van der Waals surface area contributed by atoms with Crippen LogP contribution in [-0.2, 0) is 11.3 Å². The standard InChI is InChI=1S/C14H17NO2/c1-11-7-8-15(14(16)9-11)10-12-3-5-13(17-2)6-4-12/h3-8,11H,9-10H2,1-2H3/t11-/m1/s1. The quantitative estimate of drug-likeness (QED) is 0.800. The van der Waals surface area contributed by atoms with Gasteiger partial charge in [-0.15, -0.1) is 0 Å². The van der Waals surface area contributed by atoms with E-state index in [0.29, 0.717) is 18.9 Å². The number of benzene rings is 1. The minimum atomic E-state index is 0.191. The fraction of sp³-hybridized carbons (Fsp3) is 0.357. The Morgan fingerprint density at radius 2 is 2.06 bits per heavy atom. The number of carbonyl (C=O) groups excluding carboxylic acids is 1. The molecule has 1 aliphatic heterocycles. The number of allylic oxidation sites excluding steroid dienone is 1. The van der Waals surface area contributed by atoms with Crippen molar-refractivity contribution in [2.24, 2.45) is 5.92 Å². The van der Waals surface area contributed by atoms with Crippen LogP contribution in [0.2, 0.25) is 0 Å². The molecular formula is C14H17NO2. The molecule has 1 heterocycles. The van der Waals surface area contributed by atoms with Crippen LogP contribution < -0.4 is 4.74 Å². The van der Waals surface area contributed by atoms with Gasteiger partial charge in [0.25, 0.3) is 0 Å². The van der Waals surface area contributed by atoms with Crippen LogP contribution in [0.4, 0.5) is 0 Å². The average molecular weight is 231 g/mol. The van der Waals surface area contributed by atoms with Crippen LogP contribution in [0.1, 0.15) is 18.9 Å². The lowest BCUT2D eigenvalue weighted by Crippen LogP contribution is -2.29. The van der Waals surface area contributed by atoms with E-state index in [4.69, 9.17) is 4.74 Å². The summed E-state index contributed by atoms with van der Waals surface area (Å²) in [6, 6.07) is 7.79. The van der Waals surface area contributed by atoms with Crippen molar-refractivity contribution in [3.05, 3.63) is 42.1 Å². The van der Waals surface area contributed by atoms with E-state index in [0.717, 1.165) is 11.3 Å². The Hall–Kier alpha value is -1.77. The summed E-state index contributed by atoms with van der Waals surface area (Å²) < 4.78 is 5.10. The molecule has 17 heavy (non-hydrogen) atoms. The molecule has 0 saturated heterocycles. The van der Waals surface area contributed by atoms with E-state index in [1.807, 2.05) is 30.5 Å². The van der Waals surface area contributed by atoms with Crippen molar-refractivity contribution in [2.45, 2.75) is 19.9 Å². The molecule has 1 aromatic carbocycles. The molecule has 0 N–H and O–H groups in total. The zero-order chi connectivity index (χ0) is 12.3. The van der Waals surface area contributed by atoms with Crippen LogP contribution in [0.15, 0.2) is 36.5 Å². The van der Waals surface area contributed by atoms with Crippen molar-refractivity contribution in [2.75, 3.05) is 7.11 Å². The van der Waals surface area contributed by atoms with Crippen LogP contribution in [0.3, 0.4) is 0 Å². The summed E-state index contributed by atoms with van der Waals surface area (Å²) in [5.74, 6) is 1.38. The highest BCUT2D eigenvalue weighted by Crippen LogP contribution is 2.18. The largest absolute Gasteiger partial charge is 0.497 e. The molecule has 2 rings (SSSR count). The first-order valence-electron chi connectivity index (χ1n) is 5.80. The molecule has 1 atom stereocenters. The number of methoxy groups -OCH3 is 1. The fourth-order valence-corrected chi connectivity index (χ4v) is 1.86. The predicted molar refractivity (Wildman–Crippen MR) is 66.5 cm³/mol. The van der Waals surface area contributed by atoms with Gasteiger partial charge in [-0.05, 0) is 23.6 Å². The minimum absolute atomic E-state index is 0.191. The molecule has 0 fully saturated rings. The first-order valence-corrected chi connectivity index (χ1v) is 5.80. The molecule has 0 saturated carbocycles. The topological polar surface area (TPSA) is 29.5 Å². The van der Waals surface area contributed by atoms with Gasteiger partial charge in [0.15, 0.2) is 0 Å². The summed E-state index contributed by atoms with van der Waals surface area (Å²) in [4.78, 5) is 13.5. The molecule has 0 radical (unpaired) electrons. The van der Waals surface area contributed by atoms with Crippen molar-refractivity contribution in [1.82, 2.24) is 4.90 Å². The highest BCUT2D eigenvalue weighted by Gasteiger charge is 2.18. The molecule has 1 aliphatic rings. The maximum absolute atomic E-state index is 11.8. The van der Waals surface area contributed by atoms with Gasteiger partial charge < -0.3 is 9.64 Å². The van der Waals surface area contributed by atoms with Gasteiger partial charge in [0.2, 0.25) is 5.91 Å². The molecular weight excluding hydrogens is 214 g/mol. The lowest BCUT2D eigenvalue weighted by atomic mass is 10.0. The molecule has 1 aromatic rings. The number of nitrogens with zero attached hydrogens (tertiary/aromatic N) is 1. The van der Waals surface area contributed by atoms with E-state index in [-0.39, 0.29) is 5.91 Å². The normalized spacial score (nSPS) is 19.5. The zero-order valence-corrected chi connectivity index (χ0v) is 10.2. The van der Waals surface area contributed by atoms with Crippen molar-refractivity contribution in [3.63, 3.8) is 0 Å². The molecule has 3 nitrogen and oxygen atoms in total. The summed E-state index contributed by atoms with van der Waals surface area (Å²) >= 11 is 0.